The van der Waals surface area contributed by atoms with E-state index in [0.29, 0.717) is 0 Å². The van der Waals surface area contributed by atoms with E-state index in [4.69, 9.17) is 11.6 Å². The fourth-order valence-corrected chi connectivity index (χ4v) is 2.62. The molecular weight excluding hydrogens is 224 g/mol. The van der Waals surface area contributed by atoms with Crippen molar-refractivity contribution in [3.63, 3.8) is 0 Å². The standard InChI is InChI=1S/C13H13ClS/c1-2-10-5-7-11(8-6-10)13(14)12-4-3-9-15-12/h3-9,13H,2H2,1H3. The molecule has 0 radical (unpaired) electrons. The van der Waals surface area contributed by atoms with Gasteiger partial charge in [0.1, 0.15) is 0 Å². The van der Waals surface area contributed by atoms with Crippen LogP contribution < -0.4 is 0 Å². The summed E-state index contributed by atoms with van der Waals surface area (Å²) >= 11 is 8.08. The molecule has 15 heavy (non-hydrogen) atoms. The van der Waals surface area contributed by atoms with Gasteiger partial charge in [0.05, 0.1) is 5.38 Å². The molecule has 1 unspecified atom stereocenters. The van der Waals surface area contributed by atoms with Crippen LogP contribution in [0.2, 0.25) is 0 Å². The van der Waals surface area contributed by atoms with Crippen molar-refractivity contribution in [3.8, 4) is 0 Å². The molecular formula is C13H13ClS. The van der Waals surface area contributed by atoms with Crippen molar-refractivity contribution >= 4 is 22.9 Å². The molecule has 0 spiro atoms. The quantitative estimate of drug-likeness (QED) is 0.682. The van der Waals surface area contributed by atoms with Gasteiger partial charge in [-0.25, -0.2) is 0 Å². The maximum absolute atomic E-state index is 6.38. The van der Waals surface area contributed by atoms with E-state index in [1.807, 2.05) is 6.07 Å². The summed E-state index contributed by atoms with van der Waals surface area (Å²) in [5.41, 5.74) is 2.53. The minimum Gasteiger partial charge on any atom is -0.147 e. The Morgan fingerprint density at radius 2 is 1.93 bits per heavy atom. The third-order valence-corrected chi connectivity index (χ3v) is 4.03. The molecule has 0 aliphatic carbocycles. The summed E-state index contributed by atoms with van der Waals surface area (Å²) < 4.78 is 0. The molecule has 0 bridgehead atoms. The molecule has 78 valence electrons. The molecule has 0 nitrogen and oxygen atoms in total. The van der Waals surface area contributed by atoms with Crippen LogP contribution in [0.3, 0.4) is 0 Å². The zero-order valence-electron chi connectivity index (χ0n) is 8.61. The van der Waals surface area contributed by atoms with Gasteiger partial charge in [-0.05, 0) is 29.0 Å². The number of benzene rings is 1. The lowest BCUT2D eigenvalue weighted by molar-refractivity contribution is 1.11. The SMILES string of the molecule is CCc1ccc(C(Cl)c2cccs2)cc1. The maximum Gasteiger partial charge on any atom is 0.0927 e. The van der Waals surface area contributed by atoms with Crippen LogP contribution >= 0.6 is 22.9 Å². The lowest BCUT2D eigenvalue weighted by Crippen LogP contribution is -1.90. The number of thiophene rings is 1. The van der Waals surface area contributed by atoms with E-state index >= 15 is 0 Å². The first-order chi connectivity index (χ1) is 7.31. The highest BCUT2D eigenvalue weighted by Gasteiger charge is 2.10. The number of rotatable bonds is 3. The van der Waals surface area contributed by atoms with Gasteiger partial charge in [-0.2, -0.15) is 0 Å². The van der Waals surface area contributed by atoms with Gasteiger partial charge in [0.15, 0.2) is 0 Å². The van der Waals surface area contributed by atoms with Gasteiger partial charge >= 0.3 is 0 Å². The summed E-state index contributed by atoms with van der Waals surface area (Å²) in [6, 6.07) is 12.7. The lowest BCUT2D eigenvalue weighted by atomic mass is 10.1. The summed E-state index contributed by atoms with van der Waals surface area (Å²) in [4.78, 5) is 1.21. The van der Waals surface area contributed by atoms with Gasteiger partial charge in [0.2, 0.25) is 0 Å². The van der Waals surface area contributed by atoms with Gasteiger partial charge in [0, 0.05) is 4.88 Å². The minimum absolute atomic E-state index is 0.00379. The molecule has 0 amide bonds. The van der Waals surface area contributed by atoms with Crippen LogP contribution in [-0.2, 0) is 6.42 Å². The van der Waals surface area contributed by atoms with E-state index in [1.165, 1.54) is 16.0 Å². The smallest absolute Gasteiger partial charge is 0.0927 e. The first kappa shape index (κ1) is 10.7. The number of halogens is 1. The van der Waals surface area contributed by atoms with E-state index in [0.717, 1.165) is 6.42 Å². The molecule has 0 aliphatic heterocycles. The lowest BCUT2D eigenvalue weighted by Gasteiger charge is -2.08. The van der Waals surface area contributed by atoms with Gasteiger partial charge in [-0.3, -0.25) is 0 Å². The number of hydrogen-bond acceptors (Lipinski definition) is 1. The van der Waals surface area contributed by atoms with Crippen LogP contribution in [0.25, 0.3) is 0 Å². The molecule has 2 rings (SSSR count). The normalized spacial score (nSPS) is 12.7. The topological polar surface area (TPSA) is 0 Å². The molecule has 0 saturated carbocycles. The highest BCUT2D eigenvalue weighted by molar-refractivity contribution is 7.10. The van der Waals surface area contributed by atoms with Crippen LogP contribution in [0.4, 0.5) is 0 Å². The van der Waals surface area contributed by atoms with Crippen molar-refractivity contribution in [1.82, 2.24) is 0 Å². The Labute approximate surface area is 99.5 Å². The maximum atomic E-state index is 6.38. The predicted molar refractivity (Wildman–Crippen MR) is 67.8 cm³/mol. The van der Waals surface area contributed by atoms with Gasteiger partial charge < -0.3 is 0 Å². The fraction of sp³-hybridized carbons (Fsp3) is 0.231. The highest BCUT2D eigenvalue weighted by Crippen LogP contribution is 2.31. The summed E-state index contributed by atoms with van der Waals surface area (Å²) in [6.07, 6.45) is 1.08. The molecule has 2 aromatic rings. The van der Waals surface area contributed by atoms with Crippen molar-refractivity contribution in [2.24, 2.45) is 0 Å². The van der Waals surface area contributed by atoms with Crippen molar-refractivity contribution in [3.05, 3.63) is 57.8 Å². The third-order valence-electron chi connectivity index (χ3n) is 2.47. The second-order valence-electron chi connectivity index (χ2n) is 3.47. The number of aryl methyl sites for hydroxylation is 1. The number of hydrogen-bond donors (Lipinski definition) is 0. The molecule has 0 N–H and O–H groups in total. The van der Waals surface area contributed by atoms with Gasteiger partial charge in [-0.15, -0.1) is 22.9 Å². The Balaban J connectivity index is 2.22. The van der Waals surface area contributed by atoms with Gasteiger partial charge in [0.25, 0.3) is 0 Å². The van der Waals surface area contributed by atoms with E-state index in [9.17, 15) is 0 Å². The minimum atomic E-state index is -0.00379. The van der Waals surface area contributed by atoms with E-state index in [1.54, 1.807) is 11.3 Å². The first-order valence-electron chi connectivity index (χ1n) is 5.07. The second-order valence-corrected chi connectivity index (χ2v) is 4.89. The highest BCUT2D eigenvalue weighted by atomic mass is 35.5. The van der Waals surface area contributed by atoms with Crippen molar-refractivity contribution in [2.45, 2.75) is 18.7 Å². The first-order valence-corrected chi connectivity index (χ1v) is 6.39. The fourth-order valence-electron chi connectivity index (χ4n) is 1.52. The summed E-state index contributed by atoms with van der Waals surface area (Å²) in [6.45, 7) is 2.16. The summed E-state index contributed by atoms with van der Waals surface area (Å²) in [5, 5.41) is 2.06. The summed E-state index contributed by atoms with van der Waals surface area (Å²) in [5.74, 6) is 0. The molecule has 0 saturated heterocycles. The van der Waals surface area contributed by atoms with E-state index in [2.05, 4.69) is 42.6 Å². The Morgan fingerprint density at radius 3 is 2.47 bits per heavy atom. The predicted octanol–water partition coefficient (Wildman–Crippen LogP) is 4.64. The Morgan fingerprint density at radius 1 is 1.20 bits per heavy atom. The molecule has 1 aromatic carbocycles. The van der Waals surface area contributed by atoms with Crippen molar-refractivity contribution < 1.29 is 0 Å². The zero-order valence-corrected chi connectivity index (χ0v) is 10.2. The van der Waals surface area contributed by atoms with E-state index < -0.39 is 0 Å². The molecule has 1 aromatic heterocycles. The molecule has 1 heterocycles. The molecule has 1 atom stereocenters. The van der Waals surface area contributed by atoms with Crippen LogP contribution in [0.15, 0.2) is 41.8 Å². The zero-order chi connectivity index (χ0) is 10.7. The largest absolute Gasteiger partial charge is 0.147 e. The van der Waals surface area contributed by atoms with Crippen LogP contribution in [0.5, 0.6) is 0 Å². The van der Waals surface area contributed by atoms with Crippen molar-refractivity contribution in [2.75, 3.05) is 0 Å². The van der Waals surface area contributed by atoms with E-state index in [-0.39, 0.29) is 5.38 Å². The Kier molecular flexibility index (Phi) is 3.45. The third kappa shape index (κ3) is 2.42. The Hall–Kier alpha value is -0.790. The van der Waals surface area contributed by atoms with Crippen LogP contribution in [-0.4, -0.2) is 0 Å². The number of alkyl halides is 1. The average molecular weight is 237 g/mol. The average Bonchev–Trinajstić information content (AvgIpc) is 2.82. The van der Waals surface area contributed by atoms with Crippen molar-refractivity contribution in [1.29, 1.82) is 0 Å². The molecule has 0 aliphatic rings. The molecule has 0 fully saturated rings. The second kappa shape index (κ2) is 4.82. The Bertz CT molecular complexity index is 403. The molecule has 2 heteroatoms. The van der Waals surface area contributed by atoms with Crippen LogP contribution in [0.1, 0.15) is 28.3 Å². The van der Waals surface area contributed by atoms with Gasteiger partial charge in [-0.1, -0.05) is 37.3 Å². The van der Waals surface area contributed by atoms with Crippen LogP contribution in [0, 0.1) is 0 Å². The monoisotopic (exact) mass is 236 g/mol. The summed E-state index contributed by atoms with van der Waals surface area (Å²) in [7, 11) is 0.